The monoisotopic (exact) mass is 474 g/mol. The third kappa shape index (κ3) is 4.27. The number of aromatic nitrogens is 1. The molecule has 1 heterocycles. The molecule has 0 atom stereocenters. The summed E-state index contributed by atoms with van der Waals surface area (Å²) in [6.45, 7) is 5.25. The van der Waals surface area contributed by atoms with E-state index in [1.54, 1.807) is 0 Å². The molecule has 0 radical (unpaired) electrons. The summed E-state index contributed by atoms with van der Waals surface area (Å²) >= 11 is 2.21. The largest absolute Gasteiger partial charge is 0.452 e. The summed E-state index contributed by atoms with van der Waals surface area (Å²) in [5.41, 5.74) is 4.36. The molecular formula is C21H19IN2O3. The quantitative estimate of drug-likeness (QED) is 0.445. The fourth-order valence-corrected chi connectivity index (χ4v) is 3.50. The van der Waals surface area contributed by atoms with Crippen molar-refractivity contribution in [3.63, 3.8) is 0 Å². The number of aryl methyl sites for hydroxylation is 2. The first-order chi connectivity index (χ1) is 12.9. The molecule has 138 valence electrons. The number of pyridine rings is 1. The summed E-state index contributed by atoms with van der Waals surface area (Å²) in [6, 6.07) is 13.1. The zero-order valence-corrected chi connectivity index (χ0v) is 17.5. The highest BCUT2D eigenvalue weighted by atomic mass is 127. The minimum Gasteiger partial charge on any atom is -0.452 e. The molecule has 5 nitrogen and oxygen atoms in total. The number of amides is 1. The molecule has 6 heteroatoms. The fourth-order valence-electron chi connectivity index (χ4n) is 2.85. The lowest BCUT2D eigenvalue weighted by atomic mass is 10.0. The third-order valence-electron chi connectivity index (χ3n) is 4.38. The minimum absolute atomic E-state index is 0.348. The van der Waals surface area contributed by atoms with E-state index in [2.05, 4.69) is 32.9 Å². The highest BCUT2D eigenvalue weighted by Crippen LogP contribution is 2.23. The topological polar surface area (TPSA) is 68.3 Å². The van der Waals surface area contributed by atoms with Gasteiger partial charge in [-0.25, -0.2) is 4.79 Å². The summed E-state index contributed by atoms with van der Waals surface area (Å²) in [5, 5.41) is 3.50. The van der Waals surface area contributed by atoms with Crippen LogP contribution >= 0.6 is 22.6 Å². The second kappa shape index (κ2) is 8.04. The predicted molar refractivity (Wildman–Crippen MR) is 114 cm³/mol. The van der Waals surface area contributed by atoms with E-state index in [0.717, 1.165) is 31.3 Å². The Morgan fingerprint density at radius 2 is 1.85 bits per heavy atom. The standard InChI is InChI=1S/C21H19IN2O3/c1-12-10-15(22)8-9-17(12)24-19(25)11-27-21(26)20-13(2)14(3)23-18-7-5-4-6-16(18)20/h4-10H,11H2,1-3H3,(H,24,25). The van der Waals surface area contributed by atoms with Crippen LogP contribution in [0.2, 0.25) is 0 Å². The third-order valence-corrected chi connectivity index (χ3v) is 5.05. The van der Waals surface area contributed by atoms with E-state index in [9.17, 15) is 9.59 Å². The number of carbonyl (C=O) groups excluding carboxylic acids is 2. The molecule has 0 fully saturated rings. The summed E-state index contributed by atoms with van der Waals surface area (Å²) in [7, 11) is 0. The van der Waals surface area contributed by atoms with Gasteiger partial charge in [-0.15, -0.1) is 0 Å². The van der Waals surface area contributed by atoms with Crippen molar-refractivity contribution in [2.24, 2.45) is 0 Å². The van der Waals surface area contributed by atoms with Crippen molar-refractivity contribution in [2.45, 2.75) is 20.8 Å². The number of ether oxygens (including phenoxy) is 1. The Morgan fingerprint density at radius 3 is 2.59 bits per heavy atom. The molecule has 2 aromatic carbocycles. The van der Waals surface area contributed by atoms with Crippen LogP contribution in [0.3, 0.4) is 0 Å². The first-order valence-corrected chi connectivity index (χ1v) is 9.53. The maximum absolute atomic E-state index is 12.7. The van der Waals surface area contributed by atoms with E-state index in [0.29, 0.717) is 11.3 Å². The Balaban J connectivity index is 1.75. The summed E-state index contributed by atoms with van der Waals surface area (Å²) in [5.74, 6) is -0.899. The van der Waals surface area contributed by atoms with Gasteiger partial charge >= 0.3 is 5.97 Å². The van der Waals surface area contributed by atoms with Crippen LogP contribution in [0.25, 0.3) is 10.9 Å². The number of anilines is 1. The predicted octanol–water partition coefficient (Wildman–Crippen LogP) is 4.56. The maximum atomic E-state index is 12.7. The molecule has 3 rings (SSSR count). The second-order valence-electron chi connectivity index (χ2n) is 6.30. The molecule has 1 aromatic heterocycles. The molecule has 0 unspecified atom stereocenters. The number of esters is 1. The van der Waals surface area contributed by atoms with Crippen molar-refractivity contribution in [3.05, 3.63) is 68.4 Å². The van der Waals surface area contributed by atoms with Crippen molar-refractivity contribution in [1.29, 1.82) is 0 Å². The van der Waals surface area contributed by atoms with Crippen LogP contribution in [0.5, 0.6) is 0 Å². The fraction of sp³-hybridized carbons (Fsp3) is 0.190. The van der Waals surface area contributed by atoms with Crippen molar-refractivity contribution in [1.82, 2.24) is 4.98 Å². The normalized spacial score (nSPS) is 10.7. The SMILES string of the molecule is Cc1cc(I)ccc1NC(=O)COC(=O)c1c(C)c(C)nc2ccccc12. The highest BCUT2D eigenvalue weighted by molar-refractivity contribution is 14.1. The highest BCUT2D eigenvalue weighted by Gasteiger charge is 2.19. The first kappa shape index (κ1) is 19.3. The molecule has 0 bridgehead atoms. The van der Waals surface area contributed by atoms with Gasteiger partial charge in [-0.2, -0.15) is 0 Å². The molecule has 0 aliphatic rings. The summed E-state index contributed by atoms with van der Waals surface area (Å²) < 4.78 is 6.38. The van der Waals surface area contributed by atoms with Crippen LogP contribution in [0.1, 0.15) is 27.2 Å². The first-order valence-electron chi connectivity index (χ1n) is 8.46. The number of carbonyl (C=O) groups is 2. The lowest BCUT2D eigenvalue weighted by molar-refractivity contribution is -0.119. The molecule has 0 spiro atoms. The lowest BCUT2D eigenvalue weighted by Gasteiger charge is -2.13. The molecular weight excluding hydrogens is 455 g/mol. The van der Waals surface area contributed by atoms with Crippen LogP contribution < -0.4 is 5.32 Å². The van der Waals surface area contributed by atoms with E-state index in [1.165, 1.54) is 0 Å². The number of hydrogen-bond acceptors (Lipinski definition) is 4. The molecule has 3 aromatic rings. The summed E-state index contributed by atoms with van der Waals surface area (Å²) in [6.07, 6.45) is 0. The Hall–Kier alpha value is -2.48. The van der Waals surface area contributed by atoms with Crippen molar-refractivity contribution >= 4 is 51.1 Å². The number of nitrogens with one attached hydrogen (secondary N) is 1. The Kier molecular flexibility index (Phi) is 5.74. The Labute approximate surface area is 171 Å². The van der Waals surface area contributed by atoms with E-state index in [-0.39, 0.29) is 12.5 Å². The van der Waals surface area contributed by atoms with Gasteiger partial charge in [0, 0.05) is 20.3 Å². The van der Waals surface area contributed by atoms with Crippen molar-refractivity contribution < 1.29 is 14.3 Å². The number of para-hydroxylation sites is 1. The molecule has 27 heavy (non-hydrogen) atoms. The van der Waals surface area contributed by atoms with Gasteiger partial charge in [0.1, 0.15) is 0 Å². The lowest BCUT2D eigenvalue weighted by Crippen LogP contribution is -2.22. The van der Waals surface area contributed by atoms with Crippen LogP contribution in [-0.2, 0) is 9.53 Å². The van der Waals surface area contributed by atoms with Crippen LogP contribution in [-0.4, -0.2) is 23.5 Å². The zero-order valence-electron chi connectivity index (χ0n) is 15.3. The molecule has 0 saturated carbocycles. The van der Waals surface area contributed by atoms with Crippen LogP contribution in [0.15, 0.2) is 42.5 Å². The Bertz CT molecular complexity index is 1050. The van der Waals surface area contributed by atoms with Gasteiger partial charge in [0.2, 0.25) is 0 Å². The molecule has 1 amide bonds. The van der Waals surface area contributed by atoms with Gasteiger partial charge in [-0.05, 0) is 78.8 Å². The van der Waals surface area contributed by atoms with E-state index in [4.69, 9.17) is 4.74 Å². The average Bonchev–Trinajstić information content (AvgIpc) is 2.63. The number of rotatable bonds is 4. The maximum Gasteiger partial charge on any atom is 0.339 e. The molecule has 1 N–H and O–H groups in total. The summed E-state index contributed by atoms with van der Waals surface area (Å²) in [4.78, 5) is 29.4. The van der Waals surface area contributed by atoms with Crippen molar-refractivity contribution in [3.8, 4) is 0 Å². The van der Waals surface area contributed by atoms with Gasteiger partial charge in [0.05, 0.1) is 11.1 Å². The number of nitrogens with zero attached hydrogens (tertiary/aromatic N) is 1. The molecule has 0 aliphatic carbocycles. The van der Waals surface area contributed by atoms with E-state index in [1.807, 2.05) is 63.2 Å². The molecule has 0 saturated heterocycles. The smallest absolute Gasteiger partial charge is 0.339 e. The van der Waals surface area contributed by atoms with Gasteiger partial charge in [-0.3, -0.25) is 9.78 Å². The van der Waals surface area contributed by atoms with E-state index >= 15 is 0 Å². The zero-order chi connectivity index (χ0) is 19.6. The van der Waals surface area contributed by atoms with Crippen molar-refractivity contribution in [2.75, 3.05) is 11.9 Å². The van der Waals surface area contributed by atoms with Gasteiger partial charge < -0.3 is 10.1 Å². The van der Waals surface area contributed by atoms with Crippen LogP contribution in [0, 0.1) is 24.3 Å². The van der Waals surface area contributed by atoms with E-state index < -0.39 is 5.97 Å². The number of fused-ring (bicyclic) bond motifs is 1. The van der Waals surface area contributed by atoms with Gasteiger partial charge in [-0.1, -0.05) is 18.2 Å². The van der Waals surface area contributed by atoms with Crippen LogP contribution in [0.4, 0.5) is 5.69 Å². The average molecular weight is 474 g/mol. The number of hydrogen-bond donors (Lipinski definition) is 1. The Morgan fingerprint density at radius 1 is 1.11 bits per heavy atom. The molecule has 0 aliphatic heterocycles. The minimum atomic E-state index is -0.524. The van der Waals surface area contributed by atoms with Gasteiger partial charge in [0.15, 0.2) is 6.61 Å². The number of benzene rings is 2. The second-order valence-corrected chi connectivity index (χ2v) is 7.54. The number of halogens is 1. The van der Waals surface area contributed by atoms with Gasteiger partial charge in [0.25, 0.3) is 5.91 Å².